The van der Waals surface area contributed by atoms with E-state index in [4.69, 9.17) is 5.11 Å². The van der Waals surface area contributed by atoms with E-state index in [2.05, 4.69) is 0 Å². The van der Waals surface area contributed by atoms with Crippen molar-refractivity contribution in [2.75, 3.05) is 0 Å². The largest absolute Gasteiger partial charge is 0.478 e. The van der Waals surface area contributed by atoms with E-state index in [1.807, 2.05) is 0 Å². The van der Waals surface area contributed by atoms with Crippen LogP contribution in [0.5, 0.6) is 0 Å². The minimum Gasteiger partial charge on any atom is -0.478 e. The van der Waals surface area contributed by atoms with Gasteiger partial charge in [0.2, 0.25) is 0 Å². The summed E-state index contributed by atoms with van der Waals surface area (Å²) in [5, 5.41) is 8.38. The summed E-state index contributed by atoms with van der Waals surface area (Å²) in [4.78, 5) is 10.2. The number of hydrogen-bond acceptors (Lipinski definition) is 1. The number of carbonyl (C=O) groups is 1. The van der Waals surface area contributed by atoms with Gasteiger partial charge in [0.1, 0.15) is 0 Å². The third kappa shape index (κ3) is 2.43. The molecule has 0 aliphatic rings. The van der Waals surface area contributed by atoms with Crippen LogP contribution in [0.1, 0.15) is 10.4 Å². The van der Waals surface area contributed by atoms with E-state index >= 15 is 0 Å². The SMILES string of the molecule is O=C(O)c1ccccc1.[Sc]. The third-order valence-corrected chi connectivity index (χ3v) is 1.02. The Hall–Kier alpha value is -0.440. The van der Waals surface area contributed by atoms with Crippen molar-refractivity contribution in [3.05, 3.63) is 35.9 Å². The predicted molar refractivity (Wildman–Crippen MR) is 33.4 cm³/mol. The Labute approximate surface area is 77.7 Å². The van der Waals surface area contributed by atoms with Gasteiger partial charge in [0.25, 0.3) is 0 Å². The molecule has 0 bridgehead atoms. The Bertz CT molecular complexity index is 208. The molecule has 0 aromatic heterocycles. The van der Waals surface area contributed by atoms with Crippen molar-refractivity contribution in [3.8, 4) is 0 Å². The summed E-state index contributed by atoms with van der Waals surface area (Å²) in [5.41, 5.74) is 0.331. The molecule has 0 atom stereocenters. The van der Waals surface area contributed by atoms with Gasteiger partial charge in [-0.1, -0.05) is 18.2 Å². The van der Waals surface area contributed by atoms with Gasteiger partial charge in [0.15, 0.2) is 0 Å². The summed E-state index contributed by atoms with van der Waals surface area (Å²) >= 11 is 0. The molecule has 2 nitrogen and oxygen atoms in total. The topological polar surface area (TPSA) is 37.3 Å². The first-order valence-electron chi connectivity index (χ1n) is 2.59. The number of hydrogen-bond donors (Lipinski definition) is 1. The van der Waals surface area contributed by atoms with Crippen molar-refractivity contribution < 1.29 is 35.7 Å². The average Bonchev–Trinajstić information content (AvgIpc) is 1.90. The number of rotatable bonds is 1. The molecule has 1 rings (SSSR count). The quantitative estimate of drug-likeness (QED) is 0.686. The molecule has 0 unspecified atom stereocenters. The Morgan fingerprint density at radius 1 is 1.20 bits per heavy atom. The molecule has 0 aliphatic carbocycles. The minimum atomic E-state index is -0.879. The average molecular weight is 167 g/mol. The van der Waals surface area contributed by atoms with Crippen molar-refractivity contribution in [1.82, 2.24) is 0 Å². The number of benzene rings is 1. The molecule has 0 amide bonds. The molecule has 1 N–H and O–H groups in total. The van der Waals surface area contributed by atoms with Crippen LogP contribution >= 0.6 is 0 Å². The zero-order chi connectivity index (χ0) is 6.69. The first kappa shape index (κ1) is 9.56. The van der Waals surface area contributed by atoms with Crippen LogP contribution in [-0.2, 0) is 25.8 Å². The van der Waals surface area contributed by atoms with E-state index in [0.717, 1.165) is 0 Å². The fourth-order valence-corrected chi connectivity index (χ4v) is 0.581. The molecular weight excluding hydrogens is 161 g/mol. The van der Waals surface area contributed by atoms with Gasteiger partial charge >= 0.3 is 5.97 Å². The van der Waals surface area contributed by atoms with Gasteiger partial charge in [-0.15, -0.1) is 0 Å². The van der Waals surface area contributed by atoms with Crippen molar-refractivity contribution >= 4 is 5.97 Å². The first-order chi connectivity index (χ1) is 4.30. The van der Waals surface area contributed by atoms with E-state index in [1.165, 1.54) is 0 Å². The van der Waals surface area contributed by atoms with Gasteiger partial charge in [-0.25, -0.2) is 4.79 Å². The van der Waals surface area contributed by atoms with Crippen LogP contribution in [-0.4, -0.2) is 11.1 Å². The van der Waals surface area contributed by atoms with Crippen LogP contribution in [0.15, 0.2) is 30.3 Å². The number of carboxylic acid groups (broad SMARTS) is 1. The zero-order valence-corrected chi connectivity index (χ0v) is 7.12. The Morgan fingerprint density at radius 2 is 1.70 bits per heavy atom. The standard InChI is InChI=1S/C7H6O2.Sc/c8-7(9)6-4-2-1-3-5-6;/h1-5H,(H,8,9);. The van der Waals surface area contributed by atoms with Crippen molar-refractivity contribution in [1.29, 1.82) is 0 Å². The summed E-state index contributed by atoms with van der Waals surface area (Å²) in [6, 6.07) is 8.30. The van der Waals surface area contributed by atoms with Crippen LogP contribution in [0.25, 0.3) is 0 Å². The Morgan fingerprint density at radius 3 is 2.00 bits per heavy atom. The molecule has 1 radical (unpaired) electrons. The summed E-state index contributed by atoms with van der Waals surface area (Å²) in [5.74, 6) is -0.879. The fourth-order valence-electron chi connectivity index (χ4n) is 0.581. The molecule has 10 heavy (non-hydrogen) atoms. The predicted octanol–water partition coefficient (Wildman–Crippen LogP) is 1.38. The van der Waals surface area contributed by atoms with Crippen LogP contribution in [0.4, 0.5) is 0 Å². The molecule has 3 heteroatoms. The minimum absolute atomic E-state index is 0. The molecule has 1 aromatic rings. The maximum absolute atomic E-state index is 10.2. The molecule has 0 aliphatic heterocycles. The molecule has 49 valence electrons. The second-order valence-corrected chi connectivity index (χ2v) is 1.67. The monoisotopic (exact) mass is 167 g/mol. The van der Waals surface area contributed by atoms with Gasteiger partial charge in [-0.05, 0) is 12.1 Å². The van der Waals surface area contributed by atoms with Gasteiger partial charge in [0, 0.05) is 25.8 Å². The van der Waals surface area contributed by atoms with E-state index in [-0.39, 0.29) is 25.8 Å². The second kappa shape index (κ2) is 4.39. The molecule has 0 spiro atoms. The molecule has 0 fully saturated rings. The van der Waals surface area contributed by atoms with Gasteiger partial charge in [0.05, 0.1) is 5.56 Å². The van der Waals surface area contributed by atoms with E-state index in [0.29, 0.717) is 5.56 Å². The van der Waals surface area contributed by atoms with Crippen LogP contribution < -0.4 is 0 Å². The summed E-state index contributed by atoms with van der Waals surface area (Å²) in [6.45, 7) is 0. The summed E-state index contributed by atoms with van der Waals surface area (Å²) in [6.07, 6.45) is 0. The zero-order valence-electron chi connectivity index (χ0n) is 5.32. The second-order valence-electron chi connectivity index (χ2n) is 1.67. The molecular formula is C7H6O2Sc. The number of aromatic carboxylic acids is 1. The van der Waals surface area contributed by atoms with Crippen molar-refractivity contribution in [3.63, 3.8) is 0 Å². The molecule has 0 saturated carbocycles. The van der Waals surface area contributed by atoms with Gasteiger partial charge in [-0.2, -0.15) is 0 Å². The summed E-state index contributed by atoms with van der Waals surface area (Å²) in [7, 11) is 0. The maximum Gasteiger partial charge on any atom is 0.335 e. The van der Waals surface area contributed by atoms with Crippen molar-refractivity contribution in [2.24, 2.45) is 0 Å². The number of carboxylic acids is 1. The molecule has 0 heterocycles. The van der Waals surface area contributed by atoms with Crippen LogP contribution in [0, 0.1) is 0 Å². The van der Waals surface area contributed by atoms with Gasteiger partial charge in [-0.3, -0.25) is 0 Å². The molecule has 1 aromatic carbocycles. The normalized spacial score (nSPS) is 8.00. The third-order valence-electron chi connectivity index (χ3n) is 1.02. The van der Waals surface area contributed by atoms with E-state index in [9.17, 15) is 4.79 Å². The fraction of sp³-hybridized carbons (Fsp3) is 0. The van der Waals surface area contributed by atoms with Gasteiger partial charge < -0.3 is 5.11 Å². The van der Waals surface area contributed by atoms with Crippen LogP contribution in [0.2, 0.25) is 0 Å². The van der Waals surface area contributed by atoms with E-state index in [1.54, 1.807) is 30.3 Å². The van der Waals surface area contributed by atoms with Crippen molar-refractivity contribution in [2.45, 2.75) is 0 Å². The molecule has 0 saturated heterocycles. The first-order valence-corrected chi connectivity index (χ1v) is 2.59. The van der Waals surface area contributed by atoms with Crippen LogP contribution in [0.3, 0.4) is 0 Å². The van der Waals surface area contributed by atoms with E-state index < -0.39 is 5.97 Å². The summed E-state index contributed by atoms with van der Waals surface area (Å²) < 4.78 is 0. The smallest absolute Gasteiger partial charge is 0.335 e. The Kier molecular flexibility index (Phi) is 4.19. The Balaban J connectivity index is 0.000000810. The maximum atomic E-state index is 10.2.